The van der Waals surface area contributed by atoms with Crippen molar-refractivity contribution in [3.05, 3.63) is 84.3 Å². The van der Waals surface area contributed by atoms with Crippen LogP contribution in [0.1, 0.15) is 30.1 Å². The minimum Gasteiger partial charge on any atom is -1.00 e. The molecule has 6 rings (SSSR count). The van der Waals surface area contributed by atoms with Gasteiger partial charge in [-0.25, -0.2) is 4.39 Å². The number of rotatable bonds is 6. The number of hydrogen-bond donors (Lipinski definition) is 1. The summed E-state index contributed by atoms with van der Waals surface area (Å²) in [6.07, 6.45) is 5.14. The SMILES string of the molecule is C=CC1C[N+]2(Cc3ccccc3F)CCC1CC2[C@H](O)c1ccnc2ccc(OC)cc12.[Br-]. The maximum absolute atomic E-state index is 14.7. The third-order valence-corrected chi connectivity index (χ3v) is 7.78. The van der Waals surface area contributed by atoms with Crippen molar-refractivity contribution in [2.75, 3.05) is 20.2 Å². The number of methoxy groups -OCH3 is 1. The second kappa shape index (κ2) is 9.53. The van der Waals surface area contributed by atoms with Crippen LogP contribution in [0.3, 0.4) is 0 Å². The van der Waals surface area contributed by atoms with E-state index in [1.54, 1.807) is 19.4 Å². The predicted molar refractivity (Wildman–Crippen MR) is 124 cm³/mol. The third kappa shape index (κ3) is 4.20. The summed E-state index contributed by atoms with van der Waals surface area (Å²) in [5, 5.41) is 12.7. The molecule has 0 aliphatic carbocycles. The number of pyridine rings is 1. The molecule has 0 radical (unpaired) electrons. The number of aliphatic hydroxyl groups excluding tert-OH is 1. The lowest BCUT2D eigenvalue weighted by molar-refractivity contribution is -0.985. The van der Waals surface area contributed by atoms with Gasteiger partial charge in [-0.1, -0.05) is 24.3 Å². The summed E-state index contributed by atoms with van der Waals surface area (Å²) < 4.78 is 20.8. The van der Waals surface area contributed by atoms with Crippen LogP contribution >= 0.6 is 0 Å². The number of aliphatic hydroxyl groups is 1. The highest BCUT2D eigenvalue weighted by atomic mass is 79.9. The monoisotopic (exact) mass is 512 g/mol. The average Bonchev–Trinajstić information content (AvgIpc) is 2.84. The first-order valence-corrected chi connectivity index (χ1v) is 11.4. The van der Waals surface area contributed by atoms with Crippen LogP contribution in [0.2, 0.25) is 0 Å². The van der Waals surface area contributed by atoms with Crippen molar-refractivity contribution < 1.29 is 35.7 Å². The van der Waals surface area contributed by atoms with Crippen molar-refractivity contribution >= 4 is 10.9 Å². The zero-order valence-corrected chi connectivity index (χ0v) is 20.4. The fourth-order valence-corrected chi connectivity index (χ4v) is 6.09. The molecule has 4 unspecified atom stereocenters. The Labute approximate surface area is 205 Å². The number of nitrogens with zero attached hydrogens (tertiary/aromatic N) is 2. The smallest absolute Gasteiger partial charge is 0.132 e. The lowest BCUT2D eigenvalue weighted by Gasteiger charge is -2.58. The van der Waals surface area contributed by atoms with Crippen LogP contribution in [-0.4, -0.2) is 40.8 Å². The molecule has 0 amide bonds. The van der Waals surface area contributed by atoms with Crippen LogP contribution in [0.25, 0.3) is 10.9 Å². The minimum atomic E-state index is -0.673. The van der Waals surface area contributed by atoms with Gasteiger partial charge < -0.3 is 31.3 Å². The Balaban J connectivity index is 0.00000259. The predicted octanol–water partition coefficient (Wildman–Crippen LogP) is 2.03. The van der Waals surface area contributed by atoms with E-state index in [4.69, 9.17) is 4.74 Å². The molecule has 0 spiro atoms. The molecule has 1 N–H and O–H groups in total. The first-order chi connectivity index (χ1) is 15.5. The Morgan fingerprint density at radius 3 is 2.85 bits per heavy atom. The maximum Gasteiger partial charge on any atom is 0.132 e. The molecule has 6 heteroatoms. The van der Waals surface area contributed by atoms with Gasteiger partial charge in [-0.15, -0.1) is 6.58 Å². The molecule has 3 aliphatic rings. The van der Waals surface area contributed by atoms with Gasteiger partial charge in [0.15, 0.2) is 0 Å². The number of hydrogen-bond acceptors (Lipinski definition) is 3. The molecule has 2 bridgehead atoms. The van der Waals surface area contributed by atoms with E-state index < -0.39 is 6.10 Å². The zero-order chi connectivity index (χ0) is 22.3. The molecule has 4 nitrogen and oxygen atoms in total. The second-order valence-corrected chi connectivity index (χ2v) is 9.35. The summed E-state index contributed by atoms with van der Waals surface area (Å²) in [6.45, 7) is 6.49. The number of quaternary nitrogens is 1. The van der Waals surface area contributed by atoms with Gasteiger partial charge in [-0.3, -0.25) is 4.98 Å². The second-order valence-electron chi connectivity index (χ2n) is 9.35. The normalized spacial score (nSPS) is 27.1. The fourth-order valence-electron chi connectivity index (χ4n) is 6.09. The van der Waals surface area contributed by atoms with E-state index in [0.29, 0.717) is 28.4 Å². The lowest BCUT2D eigenvalue weighted by atomic mass is 9.71. The van der Waals surface area contributed by atoms with Gasteiger partial charge in [0.2, 0.25) is 0 Å². The van der Waals surface area contributed by atoms with Crippen LogP contribution in [0, 0.1) is 17.7 Å². The van der Waals surface area contributed by atoms with E-state index in [0.717, 1.165) is 48.1 Å². The summed E-state index contributed by atoms with van der Waals surface area (Å²) in [6, 6.07) is 14.7. The minimum absolute atomic E-state index is 0. The molecule has 3 aliphatic heterocycles. The van der Waals surface area contributed by atoms with Crippen molar-refractivity contribution in [3.8, 4) is 5.75 Å². The van der Waals surface area contributed by atoms with E-state index >= 15 is 0 Å². The van der Waals surface area contributed by atoms with Crippen LogP contribution in [-0.2, 0) is 6.54 Å². The molecule has 1 aromatic heterocycles. The molecule has 3 saturated heterocycles. The quantitative estimate of drug-likeness (QED) is 0.406. The summed E-state index contributed by atoms with van der Waals surface area (Å²) in [5.41, 5.74) is 2.42. The van der Waals surface area contributed by atoms with Gasteiger partial charge in [0.25, 0.3) is 0 Å². The van der Waals surface area contributed by atoms with E-state index in [-0.39, 0.29) is 28.8 Å². The molecule has 3 fully saturated rings. The summed E-state index contributed by atoms with van der Waals surface area (Å²) >= 11 is 0. The first kappa shape index (κ1) is 23.9. The average molecular weight is 513 g/mol. The molecule has 3 aromatic rings. The van der Waals surface area contributed by atoms with Crippen molar-refractivity contribution in [2.24, 2.45) is 11.8 Å². The fraction of sp³-hybridized carbons (Fsp3) is 0.370. The molecule has 0 saturated carbocycles. The Morgan fingerprint density at radius 2 is 2.09 bits per heavy atom. The van der Waals surface area contributed by atoms with Gasteiger partial charge in [-0.2, -0.15) is 0 Å². The molecular weight excluding hydrogens is 483 g/mol. The number of fused-ring (bicyclic) bond motifs is 4. The number of aromatic nitrogens is 1. The largest absolute Gasteiger partial charge is 1.00 e. The number of piperidine rings is 3. The van der Waals surface area contributed by atoms with Gasteiger partial charge in [0.1, 0.15) is 30.3 Å². The van der Waals surface area contributed by atoms with E-state index in [2.05, 4.69) is 17.6 Å². The lowest BCUT2D eigenvalue weighted by Crippen LogP contribution is -3.00. The highest BCUT2D eigenvalue weighted by Gasteiger charge is 2.54. The van der Waals surface area contributed by atoms with Crippen molar-refractivity contribution in [1.82, 2.24) is 4.98 Å². The van der Waals surface area contributed by atoms with Crippen molar-refractivity contribution in [2.45, 2.75) is 31.5 Å². The molecule has 2 aromatic carbocycles. The molecule has 174 valence electrons. The topological polar surface area (TPSA) is 42.4 Å². The summed E-state index contributed by atoms with van der Waals surface area (Å²) in [4.78, 5) is 4.48. The third-order valence-electron chi connectivity index (χ3n) is 7.78. The van der Waals surface area contributed by atoms with Gasteiger partial charge in [0.05, 0.1) is 25.7 Å². The van der Waals surface area contributed by atoms with E-state index in [1.165, 1.54) is 6.07 Å². The van der Waals surface area contributed by atoms with Crippen molar-refractivity contribution in [1.29, 1.82) is 0 Å². The van der Waals surface area contributed by atoms with Crippen LogP contribution in [0.4, 0.5) is 4.39 Å². The summed E-state index contributed by atoms with van der Waals surface area (Å²) in [7, 11) is 1.64. The number of halogens is 2. The van der Waals surface area contributed by atoms with E-state index in [1.807, 2.05) is 36.4 Å². The molecule has 33 heavy (non-hydrogen) atoms. The molecular formula is C27H30BrFN2O2. The molecule has 4 heterocycles. The first-order valence-electron chi connectivity index (χ1n) is 11.4. The van der Waals surface area contributed by atoms with Gasteiger partial charge in [-0.05, 0) is 41.8 Å². The number of benzene rings is 2. The highest BCUT2D eigenvalue weighted by molar-refractivity contribution is 5.83. The van der Waals surface area contributed by atoms with Crippen molar-refractivity contribution in [3.63, 3.8) is 0 Å². The Morgan fingerprint density at radius 1 is 1.27 bits per heavy atom. The van der Waals surface area contributed by atoms with Gasteiger partial charge >= 0.3 is 0 Å². The van der Waals surface area contributed by atoms with Crippen LogP contribution in [0.5, 0.6) is 5.75 Å². The van der Waals surface area contributed by atoms with E-state index in [9.17, 15) is 9.50 Å². The van der Waals surface area contributed by atoms with Gasteiger partial charge in [0, 0.05) is 35.9 Å². The van der Waals surface area contributed by atoms with Crippen LogP contribution in [0.15, 0.2) is 67.4 Å². The zero-order valence-electron chi connectivity index (χ0n) is 18.8. The number of ether oxygens (including phenoxy) is 1. The molecule has 5 atom stereocenters. The Kier molecular flexibility index (Phi) is 6.89. The maximum atomic E-state index is 14.7. The highest BCUT2D eigenvalue weighted by Crippen LogP contribution is 2.48. The van der Waals surface area contributed by atoms with Crippen LogP contribution < -0.4 is 21.7 Å². The Bertz CT molecular complexity index is 1160. The summed E-state index contributed by atoms with van der Waals surface area (Å²) in [5.74, 6) is 1.48. The Hall–Kier alpha value is -2.28. The standard InChI is InChI=1S/C27H30FN2O2.BrH/c1-3-18-16-30(17-20-6-4-5-7-24(20)28)13-11-19(18)14-26(30)27(31)22-10-12-29-25-9-8-21(32-2)15-23(22)25;/h3-10,12,15,18-19,26-27,31H,1,11,13-14,16-17H2,2H3;1H/q+1;/p-1/t18?,19?,26?,27-,30?;/m1./s1.